The average molecular weight is 698 g/mol. The van der Waals surface area contributed by atoms with Crippen molar-refractivity contribution in [2.45, 2.75) is 38.2 Å². The van der Waals surface area contributed by atoms with E-state index in [0.717, 1.165) is 43.0 Å². The first-order chi connectivity index (χ1) is 24.1. The maximum absolute atomic E-state index is 14.5. The average Bonchev–Trinajstić information content (AvgIpc) is 3.46. The van der Waals surface area contributed by atoms with E-state index in [4.69, 9.17) is 9.47 Å². The van der Waals surface area contributed by atoms with Gasteiger partial charge in [0.2, 0.25) is 17.7 Å². The maximum atomic E-state index is 14.5. The second-order valence-electron chi connectivity index (χ2n) is 12.4. The van der Waals surface area contributed by atoms with Gasteiger partial charge in [0, 0.05) is 56.5 Å². The van der Waals surface area contributed by atoms with Crippen molar-refractivity contribution in [1.29, 1.82) is 0 Å². The van der Waals surface area contributed by atoms with Crippen molar-refractivity contribution >= 4 is 40.0 Å². The zero-order chi connectivity index (χ0) is 35.4. The van der Waals surface area contributed by atoms with E-state index in [1.54, 1.807) is 16.7 Å². The van der Waals surface area contributed by atoms with Gasteiger partial charge in [-0.2, -0.15) is 14.4 Å². The minimum absolute atomic E-state index is 0.0194. The molecule has 0 spiro atoms. The number of benzene rings is 1. The largest absolute Gasteiger partial charge is 0.435 e. The molecule has 6 rings (SSSR count). The van der Waals surface area contributed by atoms with Crippen molar-refractivity contribution in [3.63, 3.8) is 0 Å². The Morgan fingerprint density at radius 2 is 1.86 bits per heavy atom. The molecule has 1 amide bonds. The summed E-state index contributed by atoms with van der Waals surface area (Å²) in [5, 5.41) is 6.47. The topological polar surface area (TPSA) is 113 Å². The van der Waals surface area contributed by atoms with Crippen LogP contribution in [0.4, 0.5) is 40.7 Å². The number of aromatic nitrogens is 4. The van der Waals surface area contributed by atoms with Gasteiger partial charge in [-0.3, -0.25) is 9.69 Å². The summed E-state index contributed by atoms with van der Waals surface area (Å²) in [4.78, 5) is 32.2. The van der Waals surface area contributed by atoms with E-state index >= 15 is 0 Å². The van der Waals surface area contributed by atoms with Gasteiger partial charge in [0.15, 0.2) is 5.82 Å². The number of halogens is 4. The summed E-state index contributed by atoms with van der Waals surface area (Å²) in [5.41, 5.74) is 1.66. The number of alkyl halides is 3. The van der Waals surface area contributed by atoms with E-state index in [9.17, 15) is 22.4 Å². The summed E-state index contributed by atoms with van der Waals surface area (Å²) in [5.74, 6) is -0.858. The first-order valence-electron chi connectivity index (χ1n) is 16.3. The normalized spacial score (nSPS) is 16.6. The molecule has 0 aliphatic carbocycles. The SMILES string of the molecule is C=CC(=O)Nc1cc(Nc2nccc(-n3cc(CN(C)C)c4ccc(F)cc43)n2)c(OC(F)C(F)F)nc1N1CCC(N2CCOCC2)CC1. The van der Waals surface area contributed by atoms with Gasteiger partial charge in [-0.05, 0) is 68.9 Å². The second-order valence-corrected chi connectivity index (χ2v) is 12.4. The number of morpholine rings is 1. The fourth-order valence-electron chi connectivity index (χ4n) is 6.32. The maximum Gasteiger partial charge on any atom is 0.304 e. The lowest BCUT2D eigenvalue weighted by Gasteiger charge is -2.40. The number of ether oxygens (including phenoxy) is 2. The second kappa shape index (κ2) is 15.4. The Morgan fingerprint density at radius 3 is 2.56 bits per heavy atom. The van der Waals surface area contributed by atoms with Crippen LogP contribution in [0.25, 0.3) is 16.7 Å². The molecule has 50 heavy (non-hydrogen) atoms. The van der Waals surface area contributed by atoms with E-state index < -0.39 is 30.4 Å². The molecule has 1 aromatic carbocycles. The van der Waals surface area contributed by atoms with Crippen LogP contribution in [0.1, 0.15) is 18.4 Å². The van der Waals surface area contributed by atoms with Crippen LogP contribution in [-0.4, -0.2) is 108 Å². The molecule has 0 radical (unpaired) electrons. The van der Waals surface area contributed by atoms with Crippen LogP contribution in [-0.2, 0) is 16.1 Å². The number of nitrogens with one attached hydrogen (secondary N) is 2. The van der Waals surface area contributed by atoms with Crippen LogP contribution in [0.5, 0.6) is 5.88 Å². The number of piperidine rings is 1. The molecule has 0 saturated carbocycles. The molecule has 1 atom stereocenters. The van der Waals surface area contributed by atoms with Crippen LogP contribution in [0.3, 0.4) is 0 Å². The predicted octanol–water partition coefficient (Wildman–Crippen LogP) is 5.12. The number of fused-ring (bicyclic) bond motifs is 1. The number of pyridine rings is 1. The third kappa shape index (κ3) is 7.98. The molecule has 4 aromatic rings. The Bertz CT molecular complexity index is 1830. The zero-order valence-corrected chi connectivity index (χ0v) is 27.8. The highest BCUT2D eigenvalue weighted by Crippen LogP contribution is 2.38. The molecule has 0 bridgehead atoms. The Balaban J connectivity index is 1.35. The number of carbonyl (C=O) groups is 1. The molecule has 5 heterocycles. The Kier molecular flexibility index (Phi) is 10.8. The summed E-state index contributed by atoms with van der Waals surface area (Å²) in [7, 11) is 3.85. The lowest BCUT2D eigenvalue weighted by atomic mass is 10.0. The standard InChI is InChI=1S/C34H39F4N9O3/c1-4-29(48)40-25-18-26(33(50-31(38)30(36)37)43-32(25)46-11-8-23(9-12-46)45-13-15-49-16-14-45)41-34-39-10-7-28(42-34)47-20-21(19-44(2)3)24-6-5-22(35)17-27(24)47/h4-7,10,17-18,20,23,30-31H,1,8-9,11-16,19H2,2-3H3,(H,40,48)(H,39,41,42). The minimum atomic E-state index is -3.45. The number of amides is 1. The van der Waals surface area contributed by atoms with Gasteiger partial charge in [-0.25, -0.2) is 18.2 Å². The monoisotopic (exact) mass is 697 g/mol. The number of hydrogen-bond donors (Lipinski definition) is 2. The first-order valence-corrected chi connectivity index (χ1v) is 16.3. The number of anilines is 4. The van der Waals surface area contributed by atoms with Crippen molar-refractivity contribution in [3.8, 4) is 11.7 Å². The predicted molar refractivity (Wildman–Crippen MR) is 182 cm³/mol. The first kappa shape index (κ1) is 35.0. The minimum Gasteiger partial charge on any atom is -0.435 e. The van der Waals surface area contributed by atoms with Gasteiger partial charge in [-0.15, -0.1) is 0 Å². The lowest BCUT2D eigenvalue weighted by molar-refractivity contribution is -0.111. The van der Waals surface area contributed by atoms with E-state index in [1.165, 1.54) is 24.4 Å². The zero-order valence-electron chi connectivity index (χ0n) is 27.8. The Labute approximate surface area is 286 Å². The molecule has 2 aliphatic heterocycles. The van der Waals surface area contributed by atoms with Gasteiger partial charge in [-0.1, -0.05) is 6.58 Å². The Hall–Kier alpha value is -4.80. The van der Waals surface area contributed by atoms with Gasteiger partial charge in [0.1, 0.15) is 17.3 Å². The van der Waals surface area contributed by atoms with Crippen LogP contribution < -0.4 is 20.3 Å². The molecule has 2 N–H and O–H groups in total. The highest BCUT2D eigenvalue weighted by molar-refractivity contribution is 6.01. The van der Waals surface area contributed by atoms with E-state index in [-0.39, 0.29) is 23.1 Å². The summed E-state index contributed by atoms with van der Waals surface area (Å²) in [6, 6.07) is 7.86. The van der Waals surface area contributed by atoms with E-state index in [1.807, 2.05) is 30.1 Å². The van der Waals surface area contributed by atoms with Crippen molar-refractivity contribution < 1.29 is 31.8 Å². The molecular weight excluding hydrogens is 658 g/mol. The molecule has 2 saturated heterocycles. The van der Waals surface area contributed by atoms with Gasteiger partial charge in [0.25, 0.3) is 6.36 Å². The summed E-state index contributed by atoms with van der Waals surface area (Å²) < 4.78 is 68.0. The summed E-state index contributed by atoms with van der Waals surface area (Å²) in [6.07, 6.45) is -0.477. The summed E-state index contributed by atoms with van der Waals surface area (Å²) in [6.45, 7) is 8.22. The molecule has 266 valence electrons. The van der Waals surface area contributed by atoms with E-state index in [0.29, 0.717) is 50.2 Å². The van der Waals surface area contributed by atoms with Crippen molar-refractivity contribution in [3.05, 3.63) is 66.8 Å². The van der Waals surface area contributed by atoms with Gasteiger partial charge in [0.05, 0.1) is 24.4 Å². The summed E-state index contributed by atoms with van der Waals surface area (Å²) >= 11 is 0. The number of nitrogens with zero attached hydrogens (tertiary/aromatic N) is 7. The lowest BCUT2D eigenvalue weighted by Crippen LogP contribution is -2.49. The third-order valence-corrected chi connectivity index (χ3v) is 8.63. The van der Waals surface area contributed by atoms with Gasteiger partial charge < -0.3 is 34.5 Å². The number of rotatable bonds is 12. The number of hydrogen-bond acceptors (Lipinski definition) is 10. The van der Waals surface area contributed by atoms with Crippen LogP contribution in [0, 0.1) is 5.82 Å². The molecule has 2 aliphatic rings. The van der Waals surface area contributed by atoms with Crippen LogP contribution >= 0.6 is 0 Å². The third-order valence-electron chi connectivity index (χ3n) is 8.63. The highest BCUT2D eigenvalue weighted by Gasteiger charge is 2.30. The fraction of sp³-hybridized carbons (Fsp3) is 0.412. The highest BCUT2D eigenvalue weighted by atomic mass is 19.3. The fourth-order valence-corrected chi connectivity index (χ4v) is 6.32. The molecule has 16 heteroatoms. The quantitative estimate of drug-likeness (QED) is 0.153. The van der Waals surface area contributed by atoms with E-state index in [2.05, 4.69) is 37.1 Å². The molecule has 3 aromatic heterocycles. The van der Waals surface area contributed by atoms with Crippen molar-refractivity contribution in [2.24, 2.45) is 0 Å². The molecule has 12 nitrogen and oxygen atoms in total. The van der Waals surface area contributed by atoms with Gasteiger partial charge >= 0.3 is 6.43 Å². The van der Waals surface area contributed by atoms with Crippen molar-refractivity contribution in [2.75, 3.05) is 69.0 Å². The van der Waals surface area contributed by atoms with Crippen LogP contribution in [0.2, 0.25) is 0 Å². The Morgan fingerprint density at radius 1 is 1.10 bits per heavy atom. The molecular formula is C34H39F4N9O3. The number of carbonyl (C=O) groups excluding carboxylic acids is 1. The van der Waals surface area contributed by atoms with Crippen LogP contribution in [0.15, 0.2) is 55.4 Å². The molecule has 1 unspecified atom stereocenters. The van der Waals surface area contributed by atoms with Crippen molar-refractivity contribution in [1.82, 2.24) is 29.3 Å². The molecule has 2 fully saturated rings. The smallest absolute Gasteiger partial charge is 0.304 e.